The van der Waals surface area contributed by atoms with Gasteiger partial charge in [0.25, 0.3) is 0 Å². The quantitative estimate of drug-likeness (QED) is 0.247. The van der Waals surface area contributed by atoms with Crippen molar-refractivity contribution >= 4 is 41.7 Å². The van der Waals surface area contributed by atoms with Gasteiger partial charge in [0.1, 0.15) is 0 Å². The smallest absolute Gasteiger partial charge is 0.219 e. The van der Waals surface area contributed by atoms with Crippen LogP contribution >= 0.6 is 35.7 Å². The number of aromatic nitrogens is 1. The standard InChI is InChI=1S/C22H32N4O2S.HI/c1-6-23-21(26-16-22(3,4)29-5)25-15-17-12-13-20(24-14-17)28-19-11-9-8-10-18(19)27-7-2;/h8-14H,6-7,15-16H2,1-5H3,(H2,23,25,26);1H. The van der Waals surface area contributed by atoms with Gasteiger partial charge in [-0.15, -0.1) is 24.0 Å². The van der Waals surface area contributed by atoms with Crippen molar-refractivity contribution in [2.75, 3.05) is 26.0 Å². The Morgan fingerprint density at radius 2 is 1.83 bits per heavy atom. The van der Waals surface area contributed by atoms with Crippen molar-refractivity contribution in [3.63, 3.8) is 0 Å². The molecule has 2 aromatic rings. The largest absolute Gasteiger partial charge is 0.490 e. The molecule has 0 spiro atoms. The molecule has 0 bridgehead atoms. The molecule has 0 aliphatic rings. The lowest BCUT2D eigenvalue weighted by atomic mass is 10.2. The van der Waals surface area contributed by atoms with Crippen LogP contribution in [0.15, 0.2) is 47.6 Å². The number of hydrogen-bond acceptors (Lipinski definition) is 5. The number of nitrogens with one attached hydrogen (secondary N) is 2. The van der Waals surface area contributed by atoms with Gasteiger partial charge >= 0.3 is 0 Å². The molecule has 0 saturated carbocycles. The number of ether oxygens (including phenoxy) is 2. The van der Waals surface area contributed by atoms with Gasteiger partial charge in [0.05, 0.1) is 13.2 Å². The van der Waals surface area contributed by atoms with Crippen LogP contribution in [0.25, 0.3) is 0 Å². The summed E-state index contributed by atoms with van der Waals surface area (Å²) in [6, 6.07) is 11.4. The topological polar surface area (TPSA) is 67.8 Å². The fourth-order valence-corrected chi connectivity index (χ4v) is 2.58. The van der Waals surface area contributed by atoms with E-state index in [1.165, 1.54) is 0 Å². The maximum absolute atomic E-state index is 5.87. The minimum atomic E-state index is 0. The number of pyridine rings is 1. The number of para-hydroxylation sites is 2. The van der Waals surface area contributed by atoms with E-state index >= 15 is 0 Å². The van der Waals surface area contributed by atoms with Gasteiger partial charge in [-0.2, -0.15) is 11.8 Å². The Kier molecular flexibility index (Phi) is 11.9. The van der Waals surface area contributed by atoms with E-state index in [1.54, 1.807) is 6.20 Å². The maximum Gasteiger partial charge on any atom is 0.219 e. The number of hydrogen-bond donors (Lipinski definition) is 2. The van der Waals surface area contributed by atoms with Gasteiger partial charge in [0.2, 0.25) is 5.88 Å². The van der Waals surface area contributed by atoms with E-state index in [9.17, 15) is 0 Å². The number of halogens is 1. The number of thioether (sulfide) groups is 1. The molecule has 6 nitrogen and oxygen atoms in total. The highest BCUT2D eigenvalue weighted by Gasteiger charge is 2.16. The average molecular weight is 545 g/mol. The predicted molar refractivity (Wildman–Crippen MR) is 138 cm³/mol. The minimum Gasteiger partial charge on any atom is -0.490 e. The lowest BCUT2D eigenvalue weighted by Gasteiger charge is -2.23. The zero-order chi connectivity index (χ0) is 21.1. The van der Waals surface area contributed by atoms with Crippen molar-refractivity contribution in [2.45, 2.75) is 39.0 Å². The van der Waals surface area contributed by atoms with Crippen LogP contribution in [0.3, 0.4) is 0 Å². The van der Waals surface area contributed by atoms with Gasteiger partial charge in [0, 0.05) is 30.1 Å². The van der Waals surface area contributed by atoms with Crippen LogP contribution < -0.4 is 20.1 Å². The van der Waals surface area contributed by atoms with E-state index in [0.717, 1.165) is 24.6 Å². The zero-order valence-electron chi connectivity index (χ0n) is 18.4. The third kappa shape index (κ3) is 8.99. The van der Waals surface area contributed by atoms with Crippen LogP contribution in [0.2, 0.25) is 0 Å². The third-order valence-electron chi connectivity index (χ3n) is 4.16. The van der Waals surface area contributed by atoms with E-state index < -0.39 is 0 Å². The molecule has 8 heteroatoms. The summed E-state index contributed by atoms with van der Waals surface area (Å²) in [5, 5.41) is 6.69. The Labute approximate surface area is 201 Å². The second-order valence-electron chi connectivity index (χ2n) is 7.00. The first-order valence-corrected chi connectivity index (χ1v) is 11.1. The first kappa shape index (κ1) is 26.4. The average Bonchev–Trinajstić information content (AvgIpc) is 2.73. The molecule has 1 aromatic heterocycles. The van der Waals surface area contributed by atoms with E-state index in [2.05, 4.69) is 47.6 Å². The summed E-state index contributed by atoms with van der Waals surface area (Å²) in [5.74, 6) is 2.69. The summed E-state index contributed by atoms with van der Waals surface area (Å²) < 4.78 is 11.6. The molecule has 1 aromatic carbocycles. The number of aliphatic imine (C=N–C) groups is 1. The lowest BCUT2D eigenvalue weighted by Crippen LogP contribution is -2.43. The lowest BCUT2D eigenvalue weighted by molar-refractivity contribution is 0.319. The summed E-state index contributed by atoms with van der Waals surface area (Å²) >= 11 is 1.83. The number of rotatable bonds is 10. The second-order valence-corrected chi connectivity index (χ2v) is 8.51. The Morgan fingerprint density at radius 3 is 2.43 bits per heavy atom. The fraction of sp³-hybridized carbons (Fsp3) is 0.455. The molecule has 0 unspecified atom stereocenters. The molecule has 0 aliphatic carbocycles. The zero-order valence-corrected chi connectivity index (χ0v) is 21.5. The normalized spacial score (nSPS) is 11.4. The van der Waals surface area contributed by atoms with Crippen LogP contribution in [0.1, 0.15) is 33.3 Å². The first-order valence-electron chi connectivity index (χ1n) is 9.89. The Hall–Kier alpha value is -1.68. The molecule has 0 fully saturated rings. The third-order valence-corrected chi connectivity index (χ3v) is 5.41. The molecule has 166 valence electrons. The summed E-state index contributed by atoms with van der Waals surface area (Å²) in [4.78, 5) is 9.06. The second kappa shape index (κ2) is 13.6. The van der Waals surface area contributed by atoms with E-state index in [0.29, 0.717) is 30.5 Å². The van der Waals surface area contributed by atoms with Crippen LogP contribution in [0, 0.1) is 0 Å². The van der Waals surface area contributed by atoms with Crippen molar-refractivity contribution in [3.05, 3.63) is 48.2 Å². The van der Waals surface area contributed by atoms with Gasteiger partial charge in [-0.05, 0) is 51.6 Å². The Morgan fingerprint density at radius 1 is 1.10 bits per heavy atom. The van der Waals surface area contributed by atoms with Crippen molar-refractivity contribution < 1.29 is 9.47 Å². The molecule has 0 amide bonds. The summed E-state index contributed by atoms with van der Waals surface area (Å²) in [5.41, 5.74) is 1.01. The van der Waals surface area contributed by atoms with Gasteiger partial charge in [0.15, 0.2) is 17.5 Å². The Balaban J connectivity index is 0.00000450. The molecule has 0 atom stereocenters. The highest BCUT2D eigenvalue weighted by Crippen LogP contribution is 2.30. The van der Waals surface area contributed by atoms with Crippen LogP contribution in [0.5, 0.6) is 17.4 Å². The summed E-state index contributed by atoms with van der Waals surface area (Å²) in [7, 11) is 0. The van der Waals surface area contributed by atoms with Gasteiger partial charge in [-0.3, -0.25) is 0 Å². The van der Waals surface area contributed by atoms with Crippen molar-refractivity contribution in [3.8, 4) is 17.4 Å². The number of guanidine groups is 1. The van der Waals surface area contributed by atoms with Crippen LogP contribution in [0.4, 0.5) is 0 Å². The molecular formula is C22H33IN4O2S. The highest BCUT2D eigenvalue weighted by molar-refractivity contribution is 14.0. The SMILES string of the molecule is CCNC(=NCc1ccc(Oc2ccccc2OCC)nc1)NCC(C)(C)SC.I. The highest BCUT2D eigenvalue weighted by atomic mass is 127. The number of benzene rings is 1. The Bertz CT molecular complexity index is 785. The summed E-state index contributed by atoms with van der Waals surface area (Å²) in [6.45, 7) is 11.2. The van der Waals surface area contributed by atoms with E-state index in [4.69, 9.17) is 9.47 Å². The maximum atomic E-state index is 5.87. The summed E-state index contributed by atoms with van der Waals surface area (Å²) in [6.07, 6.45) is 3.91. The van der Waals surface area contributed by atoms with Crippen LogP contribution in [-0.4, -0.2) is 41.6 Å². The van der Waals surface area contributed by atoms with Crippen molar-refractivity contribution in [1.29, 1.82) is 0 Å². The first-order chi connectivity index (χ1) is 14.0. The molecule has 0 aliphatic heterocycles. The molecule has 1 heterocycles. The number of nitrogens with zero attached hydrogens (tertiary/aromatic N) is 2. The van der Waals surface area contributed by atoms with Crippen molar-refractivity contribution in [1.82, 2.24) is 15.6 Å². The van der Waals surface area contributed by atoms with Gasteiger partial charge < -0.3 is 20.1 Å². The molecule has 0 radical (unpaired) electrons. The fourth-order valence-electron chi connectivity index (χ4n) is 2.37. The molecule has 2 N–H and O–H groups in total. The van der Waals surface area contributed by atoms with E-state index in [-0.39, 0.29) is 28.7 Å². The molecular weight excluding hydrogens is 511 g/mol. The van der Waals surface area contributed by atoms with Crippen LogP contribution in [-0.2, 0) is 6.54 Å². The monoisotopic (exact) mass is 544 g/mol. The molecule has 30 heavy (non-hydrogen) atoms. The van der Waals surface area contributed by atoms with E-state index in [1.807, 2.05) is 55.1 Å². The van der Waals surface area contributed by atoms with Gasteiger partial charge in [-0.25, -0.2) is 9.98 Å². The van der Waals surface area contributed by atoms with Gasteiger partial charge in [-0.1, -0.05) is 18.2 Å². The van der Waals surface area contributed by atoms with Crippen molar-refractivity contribution in [2.24, 2.45) is 4.99 Å². The molecule has 0 saturated heterocycles. The minimum absolute atomic E-state index is 0. The molecule has 2 rings (SSSR count). The predicted octanol–water partition coefficient (Wildman–Crippen LogP) is 5.09.